The third-order valence-electron chi connectivity index (χ3n) is 3.86. The predicted molar refractivity (Wildman–Crippen MR) is 85.5 cm³/mol. The SMILES string of the molecule is CC1(NC(=O)Cc2coc(-c3ccccc3)n2)CCS(=O)(=O)C1. The molecule has 0 aliphatic carbocycles. The second kappa shape index (κ2) is 5.81. The molecule has 1 aliphatic heterocycles. The maximum atomic E-state index is 12.1. The summed E-state index contributed by atoms with van der Waals surface area (Å²) in [7, 11) is -3.05. The van der Waals surface area contributed by atoms with Crippen molar-refractivity contribution in [1.29, 1.82) is 0 Å². The molecule has 122 valence electrons. The van der Waals surface area contributed by atoms with Crippen LogP contribution in [0.2, 0.25) is 0 Å². The monoisotopic (exact) mass is 334 g/mol. The lowest BCUT2D eigenvalue weighted by molar-refractivity contribution is -0.122. The molecule has 3 rings (SSSR count). The molecule has 2 heterocycles. The van der Waals surface area contributed by atoms with Crippen molar-refractivity contribution < 1.29 is 17.6 Å². The largest absolute Gasteiger partial charge is 0.444 e. The van der Waals surface area contributed by atoms with Gasteiger partial charge in [0.2, 0.25) is 11.8 Å². The summed E-state index contributed by atoms with van der Waals surface area (Å²) in [5.41, 5.74) is 0.667. The van der Waals surface area contributed by atoms with Crippen LogP contribution in [0.4, 0.5) is 0 Å². The fourth-order valence-electron chi connectivity index (χ4n) is 2.76. The van der Waals surface area contributed by atoms with Gasteiger partial charge in [0.15, 0.2) is 9.84 Å². The van der Waals surface area contributed by atoms with E-state index in [2.05, 4.69) is 10.3 Å². The Morgan fingerprint density at radius 2 is 2.09 bits per heavy atom. The third-order valence-corrected chi connectivity index (χ3v) is 5.76. The van der Waals surface area contributed by atoms with Crippen LogP contribution in [0, 0.1) is 0 Å². The molecule has 0 radical (unpaired) electrons. The number of hydrogen-bond acceptors (Lipinski definition) is 5. The van der Waals surface area contributed by atoms with Gasteiger partial charge in [0, 0.05) is 5.56 Å². The highest BCUT2D eigenvalue weighted by atomic mass is 32.2. The minimum atomic E-state index is -3.05. The van der Waals surface area contributed by atoms with Gasteiger partial charge in [-0.15, -0.1) is 0 Å². The van der Waals surface area contributed by atoms with Crippen molar-refractivity contribution in [3.63, 3.8) is 0 Å². The second-order valence-electron chi connectivity index (χ2n) is 6.14. The Morgan fingerprint density at radius 1 is 1.35 bits per heavy atom. The van der Waals surface area contributed by atoms with Crippen LogP contribution in [0.3, 0.4) is 0 Å². The summed E-state index contributed by atoms with van der Waals surface area (Å²) < 4.78 is 28.5. The van der Waals surface area contributed by atoms with E-state index in [0.29, 0.717) is 18.0 Å². The number of benzene rings is 1. The topological polar surface area (TPSA) is 89.3 Å². The lowest BCUT2D eigenvalue weighted by Gasteiger charge is -2.23. The van der Waals surface area contributed by atoms with Crippen molar-refractivity contribution in [2.24, 2.45) is 0 Å². The number of aromatic nitrogens is 1. The van der Waals surface area contributed by atoms with Crippen LogP contribution < -0.4 is 5.32 Å². The van der Waals surface area contributed by atoms with E-state index in [-0.39, 0.29) is 23.8 Å². The molecule has 6 nitrogen and oxygen atoms in total. The van der Waals surface area contributed by atoms with Crippen LogP contribution in [0.5, 0.6) is 0 Å². The smallest absolute Gasteiger partial charge is 0.226 e. The van der Waals surface area contributed by atoms with Gasteiger partial charge in [-0.2, -0.15) is 0 Å². The van der Waals surface area contributed by atoms with Gasteiger partial charge in [0.05, 0.1) is 29.2 Å². The first kappa shape index (κ1) is 15.7. The van der Waals surface area contributed by atoms with E-state index >= 15 is 0 Å². The molecule has 1 N–H and O–H groups in total. The zero-order valence-electron chi connectivity index (χ0n) is 12.8. The molecule has 1 aliphatic rings. The van der Waals surface area contributed by atoms with Crippen LogP contribution >= 0.6 is 0 Å². The van der Waals surface area contributed by atoms with Gasteiger partial charge >= 0.3 is 0 Å². The highest BCUT2D eigenvalue weighted by molar-refractivity contribution is 7.91. The quantitative estimate of drug-likeness (QED) is 0.917. The number of rotatable bonds is 4. The Kier molecular flexibility index (Phi) is 3.97. The number of nitrogens with one attached hydrogen (secondary N) is 1. The maximum absolute atomic E-state index is 12.1. The van der Waals surface area contributed by atoms with E-state index in [4.69, 9.17) is 4.42 Å². The number of sulfone groups is 1. The first-order valence-electron chi connectivity index (χ1n) is 7.37. The Bertz CT molecular complexity index is 814. The van der Waals surface area contributed by atoms with Gasteiger partial charge in [-0.1, -0.05) is 18.2 Å². The van der Waals surface area contributed by atoms with Gasteiger partial charge < -0.3 is 9.73 Å². The molecule has 23 heavy (non-hydrogen) atoms. The fraction of sp³-hybridized carbons (Fsp3) is 0.375. The summed E-state index contributed by atoms with van der Waals surface area (Å²) in [5.74, 6) is 0.312. The summed E-state index contributed by atoms with van der Waals surface area (Å²) in [6.45, 7) is 1.76. The van der Waals surface area contributed by atoms with Gasteiger partial charge in [-0.25, -0.2) is 13.4 Å². The van der Waals surface area contributed by atoms with Crippen LogP contribution in [0.25, 0.3) is 11.5 Å². The van der Waals surface area contributed by atoms with Crippen molar-refractivity contribution in [2.45, 2.75) is 25.3 Å². The Hall–Kier alpha value is -2.15. The van der Waals surface area contributed by atoms with E-state index < -0.39 is 15.4 Å². The molecule has 1 fully saturated rings. The van der Waals surface area contributed by atoms with E-state index in [0.717, 1.165) is 5.56 Å². The molecular formula is C16H18N2O4S. The molecule has 1 amide bonds. The van der Waals surface area contributed by atoms with Crippen molar-refractivity contribution >= 4 is 15.7 Å². The van der Waals surface area contributed by atoms with Crippen LogP contribution in [0.1, 0.15) is 19.0 Å². The normalized spacial score (nSPS) is 22.8. The molecule has 1 saturated heterocycles. The summed E-state index contributed by atoms with van der Waals surface area (Å²) in [5, 5.41) is 2.81. The highest BCUT2D eigenvalue weighted by Crippen LogP contribution is 2.23. The third kappa shape index (κ3) is 3.79. The minimum Gasteiger partial charge on any atom is -0.444 e. The molecule has 1 aromatic heterocycles. The summed E-state index contributed by atoms with van der Waals surface area (Å²) >= 11 is 0. The highest BCUT2D eigenvalue weighted by Gasteiger charge is 2.39. The van der Waals surface area contributed by atoms with Gasteiger partial charge in [-0.3, -0.25) is 4.79 Å². The summed E-state index contributed by atoms with van der Waals surface area (Å²) in [6, 6.07) is 9.41. The number of oxazole rings is 1. The zero-order valence-corrected chi connectivity index (χ0v) is 13.6. The van der Waals surface area contributed by atoms with Crippen molar-refractivity contribution in [1.82, 2.24) is 10.3 Å². The number of hydrogen-bond donors (Lipinski definition) is 1. The molecule has 0 saturated carbocycles. The van der Waals surface area contributed by atoms with Crippen molar-refractivity contribution in [3.8, 4) is 11.5 Å². The number of carbonyl (C=O) groups is 1. The molecule has 0 spiro atoms. The van der Waals surface area contributed by atoms with Crippen LogP contribution in [-0.2, 0) is 21.1 Å². The summed E-state index contributed by atoms with van der Waals surface area (Å²) in [4.78, 5) is 16.4. The standard InChI is InChI=1S/C16H18N2O4S/c1-16(7-8-23(20,21)11-16)18-14(19)9-13-10-22-15(17-13)12-5-3-2-4-6-12/h2-6,10H,7-9,11H2,1H3,(H,18,19). The molecular weight excluding hydrogens is 316 g/mol. The van der Waals surface area contributed by atoms with E-state index in [9.17, 15) is 13.2 Å². The molecule has 7 heteroatoms. The average Bonchev–Trinajstić information content (AvgIpc) is 3.04. The lowest BCUT2D eigenvalue weighted by Crippen LogP contribution is -2.47. The predicted octanol–water partition coefficient (Wildman–Crippen LogP) is 1.58. The average molecular weight is 334 g/mol. The van der Waals surface area contributed by atoms with Gasteiger partial charge in [0.25, 0.3) is 0 Å². The lowest BCUT2D eigenvalue weighted by atomic mass is 10.0. The molecule has 1 unspecified atom stereocenters. The second-order valence-corrected chi connectivity index (χ2v) is 8.32. The minimum absolute atomic E-state index is 0.0141. The van der Waals surface area contributed by atoms with Crippen LogP contribution in [0.15, 0.2) is 41.0 Å². The Labute approximate surface area is 134 Å². The number of nitrogens with zero attached hydrogens (tertiary/aromatic N) is 1. The number of carbonyl (C=O) groups excluding carboxylic acids is 1. The Balaban J connectivity index is 1.64. The molecule has 0 bridgehead atoms. The fourth-order valence-corrected chi connectivity index (χ4v) is 4.85. The first-order chi connectivity index (χ1) is 10.9. The van der Waals surface area contributed by atoms with Crippen molar-refractivity contribution in [2.75, 3.05) is 11.5 Å². The van der Waals surface area contributed by atoms with E-state index in [1.54, 1.807) is 6.92 Å². The molecule has 2 aromatic rings. The number of amides is 1. The van der Waals surface area contributed by atoms with E-state index in [1.165, 1.54) is 6.26 Å². The Morgan fingerprint density at radius 3 is 2.74 bits per heavy atom. The zero-order chi connectivity index (χ0) is 16.5. The van der Waals surface area contributed by atoms with E-state index in [1.807, 2.05) is 30.3 Å². The molecule has 1 atom stereocenters. The van der Waals surface area contributed by atoms with Gasteiger partial charge in [0.1, 0.15) is 6.26 Å². The van der Waals surface area contributed by atoms with Gasteiger partial charge in [-0.05, 0) is 25.5 Å². The van der Waals surface area contributed by atoms with Crippen LogP contribution in [-0.4, -0.2) is 36.4 Å². The molecule has 1 aromatic carbocycles. The van der Waals surface area contributed by atoms with Crippen molar-refractivity contribution in [3.05, 3.63) is 42.3 Å². The first-order valence-corrected chi connectivity index (χ1v) is 9.19. The maximum Gasteiger partial charge on any atom is 0.226 e. The summed E-state index contributed by atoms with van der Waals surface area (Å²) in [6.07, 6.45) is 1.96.